The maximum Gasteiger partial charge on any atom is 0.270 e. The molecule has 2 aliphatic heterocycles. The Bertz CT molecular complexity index is 2290. The largest absolute Gasteiger partial charge is 0.491 e. The van der Waals surface area contributed by atoms with Crippen molar-refractivity contribution in [2.24, 2.45) is 5.41 Å². The van der Waals surface area contributed by atoms with E-state index in [1.807, 2.05) is 88.7 Å². The predicted octanol–water partition coefficient (Wildman–Crippen LogP) is 5.91. The summed E-state index contributed by atoms with van der Waals surface area (Å²) < 4.78 is 33.6. The number of rotatable bonds is 25. The lowest BCUT2D eigenvalue weighted by Crippen LogP contribution is -2.58. The molecule has 0 radical (unpaired) electrons. The Morgan fingerprint density at radius 2 is 1.45 bits per heavy atom. The number of likely N-dealkylation sites (tertiary alicyclic amines) is 1. The second-order valence-electron chi connectivity index (χ2n) is 17.3. The Morgan fingerprint density at radius 3 is 2.04 bits per heavy atom. The third-order valence-electron chi connectivity index (χ3n) is 11.2. The summed E-state index contributed by atoms with van der Waals surface area (Å²) in [6.07, 6.45) is -0.0756. The molecule has 0 saturated carbocycles. The second-order valence-corrected chi connectivity index (χ2v) is 19.3. The number of nitro benzene ring substituents is 1. The highest BCUT2D eigenvalue weighted by Crippen LogP contribution is 2.42. The minimum Gasteiger partial charge on any atom is -0.491 e. The van der Waals surface area contributed by atoms with Crippen LogP contribution < -0.4 is 15.4 Å². The first-order chi connectivity index (χ1) is 32.2. The number of aliphatic hydroxyl groups is 1. The number of hydrogen-bond donors (Lipinski definition) is 3. The van der Waals surface area contributed by atoms with E-state index in [1.165, 1.54) is 16.7 Å². The van der Waals surface area contributed by atoms with Crippen molar-refractivity contribution in [1.29, 1.82) is 0 Å². The lowest BCUT2D eigenvalue weighted by molar-refractivity contribution is -0.385. The average Bonchev–Trinajstić information content (AvgIpc) is 3.92. The third-order valence-corrected chi connectivity index (χ3v) is 13.4. The van der Waals surface area contributed by atoms with Crippen LogP contribution in [0.2, 0.25) is 0 Å². The highest BCUT2D eigenvalue weighted by Gasteiger charge is 2.44. The van der Waals surface area contributed by atoms with Gasteiger partial charge in [0, 0.05) is 34.9 Å². The number of thiazole rings is 1. The van der Waals surface area contributed by atoms with Crippen LogP contribution in [0.25, 0.3) is 10.4 Å². The van der Waals surface area contributed by atoms with E-state index < -0.39 is 35.4 Å². The lowest BCUT2D eigenvalue weighted by Gasteiger charge is -2.35. The maximum atomic E-state index is 14.0. The molecule has 1 fully saturated rings. The second kappa shape index (κ2) is 24.9. The first kappa shape index (κ1) is 51.4. The number of nitrogens with zero attached hydrogens (tertiary/aromatic N) is 3. The molecule has 6 rings (SSSR count). The Balaban J connectivity index is 0.781. The fourth-order valence-corrected chi connectivity index (χ4v) is 9.51. The van der Waals surface area contributed by atoms with Gasteiger partial charge >= 0.3 is 0 Å². The highest BCUT2D eigenvalue weighted by molar-refractivity contribution is 7.99. The van der Waals surface area contributed by atoms with Crippen molar-refractivity contribution in [3.63, 3.8) is 0 Å². The van der Waals surface area contributed by atoms with Crippen molar-refractivity contribution in [2.75, 3.05) is 79.2 Å². The number of aryl methyl sites for hydroxylation is 1. The number of carbonyl (C=O) groups is 3. The topological polar surface area (TPSA) is 210 Å². The Hall–Kier alpha value is -4.99. The monoisotopic (exact) mass is 963 g/mol. The van der Waals surface area contributed by atoms with E-state index in [0.29, 0.717) is 58.6 Å². The van der Waals surface area contributed by atoms with Crippen LogP contribution in [0, 0.1) is 22.5 Å². The van der Waals surface area contributed by atoms with Gasteiger partial charge in [-0.2, -0.15) is 0 Å². The molecule has 3 aromatic carbocycles. The van der Waals surface area contributed by atoms with Gasteiger partial charge < -0.3 is 49.1 Å². The quantitative estimate of drug-likeness (QED) is 0.0353. The molecule has 67 heavy (non-hydrogen) atoms. The van der Waals surface area contributed by atoms with Crippen LogP contribution in [-0.2, 0) is 44.5 Å². The van der Waals surface area contributed by atoms with Crippen LogP contribution in [0.3, 0.4) is 0 Å². The van der Waals surface area contributed by atoms with Gasteiger partial charge in [0.1, 0.15) is 31.0 Å². The van der Waals surface area contributed by atoms with Crippen LogP contribution in [-0.4, -0.2) is 135 Å². The summed E-state index contributed by atoms with van der Waals surface area (Å²) in [6.45, 7) is 12.4. The molecule has 17 nitrogen and oxygen atoms in total. The van der Waals surface area contributed by atoms with Crippen LogP contribution >= 0.6 is 23.1 Å². The Morgan fingerprint density at radius 1 is 0.851 bits per heavy atom. The van der Waals surface area contributed by atoms with Crippen molar-refractivity contribution in [3.8, 4) is 16.2 Å². The van der Waals surface area contributed by atoms with Crippen LogP contribution in [0.15, 0.2) is 76.0 Å². The van der Waals surface area contributed by atoms with Crippen LogP contribution in [0.1, 0.15) is 62.5 Å². The van der Waals surface area contributed by atoms with Crippen LogP contribution in [0.5, 0.6) is 5.75 Å². The van der Waals surface area contributed by atoms with Crippen molar-refractivity contribution in [3.05, 3.63) is 98.7 Å². The van der Waals surface area contributed by atoms with Gasteiger partial charge in [0.25, 0.3) is 5.69 Å². The molecule has 3 amide bonds. The van der Waals surface area contributed by atoms with E-state index >= 15 is 0 Å². The molecule has 0 spiro atoms. The zero-order valence-corrected chi connectivity index (χ0v) is 40.3. The molecule has 4 aromatic rings. The predicted molar refractivity (Wildman–Crippen MR) is 252 cm³/mol. The smallest absolute Gasteiger partial charge is 0.270 e. The minimum absolute atomic E-state index is 0.0247. The van der Waals surface area contributed by atoms with E-state index in [0.717, 1.165) is 49.0 Å². The van der Waals surface area contributed by atoms with E-state index in [4.69, 9.17) is 28.4 Å². The van der Waals surface area contributed by atoms with Gasteiger partial charge in [0.05, 0.1) is 92.6 Å². The number of nitrogens with one attached hydrogen (secondary N) is 2. The minimum atomic E-state index is -0.973. The van der Waals surface area contributed by atoms with Gasteiger partial charge in [-0.25, -0.2) is 4.98 Å². The van der Waals surface area contributed by atoms with E-state index in [-0.39, 0.29) is 55.3 Å². The zero-order chi connectivity index (χ0) is 47.9. The van der Waals surface area contributed by atoms with Gasteiger partial charge in [-0.3, -0.25) is 24.5 Å². The molecule has 2 aliphatic rings. The number of non-ortho nitro benzene ring substituents is 1. The number of fused-ring (bicyclic) bond motifs is 2. The summed E-state index contributed by atoms with van der Waals surface area (Å²) in [7, 11) is 0. The summed E-state index contributed by atoms with van der Waals surface area (Å²) in [5.74, 6) is -0.606. The number of aliphatic hydroxyl groups excluding tert-OH is 1. The Labute approximate surface area is 399 Å². The molecular weight excluding hydrogens is 903 g/mol. The number of carbonyl (C=O) groups excluding carboxylic acids is 3. The van der Waals surface area contributed by atoms with Crippen molar-refractivity contribution in [1.82, 2.24) is 20.5 Å². The zero-order valence-electron chi connectivity index (χ0n) is 38.7. The molecule has 3 heterocycles. The molecule has 0 unspecified atom stereocenters. The molecule has 0 bridgehead atoms. The molecule has 3 N–H and O–H groups in total. The molecule has 1 saturated heterocycles. The molecule has 1 aromatic heterocycles. The first-order valence-corrected chi connectivity index (χ1v) is 24.1. The van der Waals surface area contributed by atoms with E-state index in [9.17, 15) is 29.6 Å². The number of benzene rings is 3. The number of ether oxygens (including phenoxy) is 6. The first-order valence-electron chi connectivity index (χ1n) is 22.4. The summed E-state index contributed by atoms with van der Waals surface area (Å²) in [6, 6.07) is 16.6. The fourth-order valence-electron chi connectivity index (χ4n) is 7.57. The summed E-state index contributed by atoms with van der Waals surface area (Å²) >= 11 is 3.08. The maximum absolute atomic E-state index is 14.0. The van der Waals surface area contributed by atoms with E-state index in [2.05, 4.69) is 15.6 Å². The summed E-state index contributed by atoms with van der Waals surface area (Å²) in [5, 5.41) is 27.6. The Kier molecular flexibility index (Phi) is 19.1. The van der Waals surface area contributed by atoms with Crippen LogP contribution in [0.4, 0.5) is 5.69 Å². The SMILES string of the molecule is Cc1ncsc1-c1ccc([C@H](C)NC(=O)[C@@H]2C[C@@H](O)CN2C(=O)[C@@H](NC(=O)COCCOCCOCCOCCOCCOc2ccc3c(c2)Sc2cc([N+](=O)[O-])ccc2C3)C(C)(C)C)cc1. The van der Waals surface area contributed by atoms with Gasteiger partial charge in [0.2, 0.25) is 17.7 Å². The number of aromatic nitrogens is 1. The average molecular weight is 964 g/mol. The fraction of sp³-hybridized carbons (Fsp3) is 0.500. The number of amides is 3. The van der Waals surface area contributed by atoms with Crippen molar-refractivity contribution >= 4 is 46.5 Å². The molecule has 19 heteroatoms. The van der Waals surface area contributed by atoms with E-state index in [1.54, 1.807) is 23.5 Å². The number of hydrogen-bond acceptors (Lipinski definition) is 15. The molecule has 362 valence electrons. The normalized spacial score (nSPS) is 16.5. The number of β-amino-alcohol motifs (C(OH)–C–C–N with tert-alkyl or cyclic N) is 1. The highest BCUT2D eigenvalue weighted by atomic mass is 32.2. The van der Waals surface area contributed by atoms with Gasteiger partial charge in [-0.15, -0.1) is 11.3 Å². The lowest BCUT2D eigenvalue weighted by atomic mass is 9.85. The third kappa shape index (κ3) is 15.0. The summed E-state index contributed by atoms with van der Waals surface area (Å²) in [5.41, 5.74) is 6.32. The van der Waals surface area contributed by atoms with Gasteiger partial charge in [-0.05, 0) is 60.1 Å². The number of nitro groups is 1. The van der Waals surface area contributed by atoms with Gasteiger partial charge in [0.15, 0.2) is 0 Å². The summed E-state index contributed by atoms with van der Waals surface area (Å²) in [4.78, 5) is 60.0. The van der Waals surface area contributed by atoms with Gasteiger partial charge in [-0.1, -0.05) is 68.9 Å². The molecule has 4 atom stereocenters. The molecule has 0 aliphatic carbocycles. The molecular formula is C48H61N5O12S2. The van der Waals surface area contributed by atoms with Crippen molar-refractivity contribution in [2.45, 2.75) is 81.5 Å². The van der Waals surface area contributed by atoms with Crippen molar-refractivity contribution < 1.29 is 52.8 Å². The standard InChI is InChI=1S/C48H61N5O12S2/c1-31(33-6-8-34(9-7-33)44-32(2)49-30-66-44)50-46(56)40-26-38(54)28-52(40)47(57)45(48(3,4)5)51-43(55)29-64-21-20-62-17-16-60-14-15-61-18-19-63-22-23-65-39-13-11-36-24-35-10-12-37(53(58)59)25-41(35)67-42(36)27-39/h6-13,25,27,30-31,38,40,45,54H,14-24,26,28-29H2,1-5H3,(H,50,56)(H,51,55)/t31-,38+,40-,45+/m0/s1.